The number of amides is 1. The molecule has 0 saturated carbocycles. The number of hydrogen-bond acceptors (Lipinski definition) is 7. The summed E-state index contributed by atoms with van der Waals surface area (Å²) in [6, 6.07) is 5.84. The van der Waals surface area contributed by atoms with Crippen molar-refractivity contribution in [1.29, 1.82) is 0 Å². The van der Waals surface area contributed by atoms with Crippen LogP contribution in [0.1, 0.15) is 52.0 Å². The zero-order valence-corrected chi connectivity index (χ0v) is 20.0. The Morgan fingerprint density at radius 3 is 2.66 bits per heavy atom. The van der Waals surface area contributed by atoms with Crippen molar-refractivity contribution in [1.82, 2.24) is 24.5 Å². The van der Waals surface area contributed by atoms with Crippen molar-refractivity contribution in [3.63, 3.8) is 0 Å². The first-order chi connectivity index (χ1) is 16.6. The molecule has 3 heterocycles. The summed E-state index contributed by atoms with van der Waals surface area (Å²) in [5, 5.41) is 21.2. The zero-order chi connectivity index (χ0) is 25.4. The van der Waals surface area contributed by atoms with Crippen LogP contribution in [-0.4, -0.2) is 35.5 Å². The van der Waals surface area contributed by atoms with Gasteiger partial charge in [0.25, 0.3) is 11.5 Å². The van der Waals surface area contributed by atoms with Gasteiger partial charge in [0.15, 0.2) is 5.69 Å². The molecule has 0 saturated heterocycles. The lowest BCUT2D eigenvalue weighted by molar-refractivity contribution is 0.101. The minimum atomic E-state index is -0.828. The number of carbonyl (C=O) groups excluding carboxylic acids is 1. The highest BCUT2D eigenvalue weighted by Gasteiger charge is 2.32. The maximum Gasteiger partial charge on any atom is 0.296 e. The zero-order valence-electron chi connectivity index (χ0n) is 19.3. The van der Waals surface area contributed by atoms with Gasteiger partial charge in [-0.05, 0) is 36.8 Å². The second-order valence-electron chi connectivity index (χ2n) is 8.16. The molecule has 2 N–H and O–H groups in total. The minimum absolute atomic E-state index is 0.164. The van der Waals surface area contributed by atoms with Crippen molar-refractivity contribution in [3.8, 4) is 5.75 Å². The first kappa shape index (κ1) is 24.1. The number of nitrogens with zero attached hydrogens (tertiary/aromatic N) is 5. The van der Waals surface area contributed by atoms with Crippen molar-refractivity contribution in [2.75, 3.05) is 5.32 Å². The van der Waals surface area contributed by atoms with Crippen molar-refractivity contribution >= 4 is 23.2 Å². The Balaban J connectivity index is 1.87. The summed E-state index contributed by atoms with van der Waals surface area (Å²) in [7, 11) is 3.20. The van der Waals surface area contributed by atoms with E-state index >= 15 is 0 Å². The molecule has 2 unspecified atom stereocenters. The van der Waals surface area contributed by atoms with Crippen LogP contribution < -0.4 is 10.9 Å². The largest absolute Gasteiger partial charge is 0.501 e. The SMILES string of the molecule is Cc1cc(C(c2cc(F)ccc2Cl)C(C)c2nc(C(=O)Nc3cnoc3)c(O)c(=O)n2C)nn1C. The number of carbonyl (C=O) groups is 1. The lowest BCUT2D eigenvalue weighted by Gasteiger charge is -2.25. The van der Waals surface area contributed by atoms with Gasteiger partial charge in [0.1, 0.15) is 23.6 Å². The maximum atomic E-state index is 14.3. The molecule has 35 heavy (non-hydrogen) atoms. The van der Waals surface area contributed by atoms with Crippen LogP contribution in [-0.2, 0) is 14.1 Å². The summed E-state index contributed by atoms with van der Waals surface area (Å²) >= 11 is 6.47. The lowest BCUT2D eigenvalue weighted by Crippen LogP contribution is -2.29. The highest BCUT2D eigenvalue weighted by molar-refractivity contribution is 6.31. The molecule has 0 aliphatic heterocycles. The molecular weight excluding hydrogens is 479 g/mol. The summed E-state index contributed by atoms with van der Waals surface area (Å²) in [6.07, 6.45) is 2.44. The van der Waals surface area contributed by atoms with E-state index in [4.69, 9.17) is 11.6 Å². The Morgan fingerprint density at radius 1 is 1.29 bits per heavy atom. The molecule has 0 radical (unpaired) electrons. The van der Waals surface area contributed by atoms with Crippen LogP contribution in [0.2, 0.25) is 5.02 Å². The molecule has 10 nitrogen and oxygen atoms in total. The quantitative estimate of drug-likeness (QED) is 0.414. The fourth-order valence-corrected chi connectivity index (χ4v) is 4.19. The van der Waals surface area contributed by atoms with Crippen LogP contribution in [0.3, 0.4) is 0 Å². The van der Waals surface area contributed by atoms with Crippen LogP contribution >= 0.6 is 11.6 Å². The van der Waals surface area contributed by atoms with E-state index in [1.807, 2.05) is 13.0 Å². The molecule has 1 amide bonds. The molecule has 2 atom stereocenters. The van der Waals surface area contributed by atoms with Crippen LogP contribution in [0.15, 0.2) is 46.0 Å². The number of rotatable bonds is 6. The topological polar surface area (TPSA) is 128 Å². The summed E-state index contributed by atoms with van der Waals surface area (Å²) in [5.41, 5.74) is 0.792. The van der Waals surface area contributed by atoms with Crippen molar-refractivity contribution in [3.05, 3.63) is 86.4 Å². The Morgan fingerprint density at radius 2 is 2.03 bits per heavy atom. The number of halogens is 2. The lowest BCUT2D eigenvalue weighted by atomic mass is 9.83. The molecule has 3 aromatic heterocycles. The number of nitrogens with one attached hydrogen (secondary N) is 1. The van der Waals surface area contributed by atoms with Gasteiger partial charge in [-0.25, -0.2) is 9.37 Å². The van der Waals surface area contributed by atoms with Gasteiger partial charge in [-0.1, -0.05) is 23.7 Å². The molecule has 0 fully saturated rings. The van der Waals surface area contributed by atoms with Gasteiger partial charge >= 0.3 is 0 Å². The Kier molecular flexibility index (Phi) is 6.44. The molecule has 0 aliphatic carbocycles. The number of aryl methyl sites for hydroxylation is 2. The van der Waals surface area contributed by atoms with Crippen molar-refractivity contribution < 1.29 is 18.8 Å². The van der Waals surface area contributed by atoms with Gasteiger partial charge in [-0.15, -0.1) is 0 Å². The highest BCUT2D eigenvalue weighted by atomic mass is 35.5. The van der Waals surface area contributed by atoms with Crippen LogP contribution in [0.25, 0.3) is 0 Å². The average Bonchev–Trinajstić information content (AvgIpc) is 3.44. The van der Waals surface area contributed by atoms with Gasteiger partial charge in [-0.3, -0.25) is 18.8 Å². The third-order valence-electron chi connectivity index (χ3n) is 5.86. The molecule has 4 rings (SSSR count). The Labute approximate surface area is 204 Å². The number of aromatic nitrogens is 5. The normalized spacial score (nSPS) is 13.0. The van der Waals surface area contributed by atoms with E-state index in [1.165, 1.54) is 37.7 Å². The fourth-order valence-electron chi connectivity index (χ4n) is 3.96. The van der Waals surface area contributed by atoms with Gasteiger partial charge in [-0.2, -0.15) is 5.10 Å². The summed E-state index contributed by atoms with van der Waals surface area (Å²) in [5.74, 6) is -3.22. The molecular formula is C23H22ClFN6O4. The monoisotopic (exact) mass is 500 g/mol. The third kappa shape index (κ3) is 4.54. The number of hydrogen-bond donors (Lipinski definition) is 2. The van der Waals surface area contributed by atoms with Gasteiger partial charge in [0.05, 0.1) is 11.9 Å². The second kappa shape index (κ2) is 9.34. The number of anilines is 1. The number of benzene rings is 1. The van der Waals surface area contributed by atoms with Gasteiger partial charge < -0.3 is 14.9 Å². The standard InChI is InChI=1S/C23H22ClFN6O4/c1-11-7-17(29-31(11)4)18(15-8-13(25)5-6-16(15)24)12(2)21-28-19(20(32)23(34)30(21)3)22(33)27-14-9-26-35-10-14/h5-10,12,18,32H,1-4H3,(H,27,33). The summed E-state index contributed by atoms with van der Waals surface area (Å²) in [4.78, 5) is 30.0. The van der Waals surface area contributed by atoms with E-state index in [9.17, 15) is 19.1 Å². The summed E-state index contributed by atoms with van der Waals surface area (Å²) < 4.78 is 21.8. The van der Waals surface area contributed by atoms with E-state index in [-0.39, 0.29) is 11.5 Å². The molecule has 4 aromatic rings. The fraction of sp³-hybridized carbons (Fsp3) is 0.261. The van der Waals surface area contributed by atoms with Crippen LogP contribution in [0, 0.1) is 12.7 Å². The molecule has 0 aliphatic rings. The van der Waals surface area contributed by atoms with E-state index in [0.717, 1.165) is 10.3 Å². The minimum Gasteiger partial charge on any atom is -0.501 e. The van der Waals surface area contributed by atoms with Crippen LogP contribution in [0.4, 0.5) is 10.1 Å². The number of aromatic hydroxyl groups is 1. The van der Waals surface area contributed by atoms with Crippen molar-refractivity contribution in [2.45, 2.75) is 25.7 Å². The van der Waals surface area contributed by atoms with E-state index < -0.39 is 40.6 Å². The second-order valence-corrected chi connectivity index (χ2v) is 8.57. The first-order valence-electron chi connectivity index (χ1n) is 10.5. The van der Waals surface area contributed by atoms with E-state index in [0.29, 0.717) is 16.3 Å². The molecule has 182 valence electrons. The predicted molar refractivity (Wildman–Crippen MR) is 125 cm³/mol. The van der Waals surface area contributed by atoms with Crippen molar-refractivity contribution in [2.24, 2.45) is 14.1 Å². The Bertz CT molecular complexity index is 1440. The first-order valence-corrected chi connectivity index (χ1v) is 10.9. The summed E-state index contributed by atoms with van der Waals surface area (Å²) in [6.45, 7) is 3.63. The third-order valence-corrected chi connectivity index (χ3v) is 6.20. The molecule has 1 aromatic carbocycles. The molecule has 12 heteroatoms. The molecule has 0 bridgehead atoms. The Hall–Kier alpha value is -3.99. The van der Waals surface area contributed by atoms with E-state index in [1.54, 1.807) is 18.7 Å². The molecule has 0 spiro atoms. The van der Waals surface area contributed by atoms with E-state index in [2.05, 4.69) is 25.1 Å². The van der Waals surface area contributed by atoms with Gasteiger partial charge in [0.2, 0.25) is 5.75 Å². The predicted octanol–water partition coefficient (Wildman–Crippen LogP) is 3.50. The van der Waals surface area contributed by atoms with Crippen LogP contribution in [0.5, 0.6) is 5.75 Å². The average molecular weight is 501 g/mol. The van der Waals surface area contributed by atoms with Gasteiger partial charge in [0, 0.05) is 36.6 Å². The maximum absolute atomic E-state index is 14.3. The smallest absolute Gasteiger partial charge is 0.296 e. The highest BCUT2D eigenvalue weighted by Crippen LogP contribution is 2.40.